The van der Waals surface area contributed by atoms with Gasteiger partial charge in [0.05, 0.1) is 18.2 Å². The average molecular weight is 392 g/mol. The van der Waals surface area contributed by atoms with Crippen LogP contribution in [0.5, 0.6) is 5.75 Å². The summed E-state index contributed by atoms with van der Waals surface area (Å²) in [5, 5.41) is 6.02. The number of hydrogen-bond donors (Lipinski definition) is 2. The number of nitrogens with one attached hydrogen (secondary N) is 2. The van der Waals surface area contributed by atoms with Crippen LogP contribution in [-0.4, -0.2) is 12.1 Å². The van der Waals surface area contributed by atoms with Gasteiger partial charge in [-0.1, -0.05) is 48.5 Å². The van der Waals surface area contributed by atoms with E-state index in [0.29, 0.717) is 5.39 Å². The van der Waals surface area contributed by atoms with Crippen LogP contribution in [0.25, 0.3) is 32.8 Å². The molecule has 1 aromatic heterocycles. The van der Waals surface area contributed by atoms with Gasteiger partial charge in [0.2, 0.25) is 0 Å². The second kappa shape index (κ2) is 7.41. The van der Waals surface area contributed by atoms with Gasteiger partial charge >= 0.3 is 0 Å². The summed E-state index contributed by atoms with van der Waals surface area (Å²) in [6.07, 6.45) is 0. The Bertz CT molecular complexity index is 1400. The Kier molecular flexibility index (Phi) is 4.45. The van der Waals surface area contributed by atoms with Crippen molar-refractivity contribution in [1.82, 2.24) is 4.98 Å². The van der Waals surface area contributed by atoms with Gasteiger partial charge in [0.15, 0.2) is 0 Å². The fourth-order valence-electron chi connectivity index (χ4n) is 3.84. The Hall–Kier alpha value is -4.05. The Labute approximate surface area is 173 Å². The molecule has 146 valence electrons. The van der Waals surface area contributed by atoms with Crippen molar-refractivity contribution in [2.24, 2.45) is 0 Å². The lowest BCUT2D eigenvalue weighted by atomic mass is 9.98. The standard InChI is InChI=1S/C26H20N2O2/c1-30-20-13-11-19(12-14-20)27-24-16-18(17-7-3-2-4-8-17)15-22-21-9-5-6-10-23(21)28-26(29)25(22)24/h2-16,27H,1H3,(H,28,29). The number of H-pyrrole nitrogens is 1. The zero-order valence-electron chi connectivity index (χ0n) is 16.5. The van der Waals surface area contributed by atoms with Crippen molar-refractivity contribution >= 4 is 33.1 Å². The summed E-state index contributed by atoms with van der Waals surface area (Å²) >= 11 is 0. The summed E-state index contributed by atoms with van der Waals surface area (Å²) in [5.74, 6) is 0.785. The summed E-state index contributed by atoms with van der Waals surface area (Å²) in [5.41, 5.74) is 4.52. The second-order valence-corrected chi connectivity index (χ2v) is 7.17. The Morgan fingerprint density at radius 3 is 2.27 bits per heavy atom. The van der Waals surface area contributed by atoms with Crippen molar-refractivity contribution in [1.29, 1.82) is 0 Å². The molecule has 4 aromatic carbocycles. The normalized spacial score (nSPS) is 11.0. The molecular formula is C26H20N2O2. The number of benzene rings is 4. The van der Waals surface area contributed by atoms with Gasteiger partial charge in [-0.2, -0.15) is 0 Å². The van der Waals surface area contributed by atoms with Gasteiger partial charge in [0.1, 0.15) is 5.75 Å². The van der Waals surface area contributed by atoms with Crippen LogP contribution in [0, 0.1) is 0 Å². The van der Waals surface area contributed by atoms with Crippen LogP contribution >= 0.6 is 0 Å². The minimum absolute atomic E-state index is 0.112. The summed E-state index contributed by atoms with van der Waals surface area (Å²) in [6, 6.07) is 29.9. The van der Waals surface area contributed by atoms with Crippen LogP contribution in [0.4, 0.5) is 11.4 Å². The first-order valence-electron chi connectivity index (χ1n) is 9.78. The van der Waals surface area contributed by atoms with E-state index in [0.717, 1.165) is 44.5 Å². The lowest BCUT2D eigenvalue weighted by Gasteiger charge is -2.14. The quantitative estimate of drug-likeness (QED) is 0.363. The molecular weight excluding hydrogens is 372 g/mol. The Balaban J connectivity index is 1.78. The second-order valence-electron chi connectivity index (χ2n) is 7.17. The average Bonchev–Trinajstić information content (AvgIpc) is 2.80. The van der Waals surface area contributed by atoms with Gasteiger partial charge in [0, 0.05) is 16.6 Å². The van der Waals surface area contributed by atoms with Crippen LogP contribution in [0.1, 0.15) is 0 Å². The van der Waals surface area contributed by atoms with Gasteiger partial charge in [-0.3, -0.25) is 4.79 Å². The minimum atomic E-state index is -0.112. The molecule has 5 aromatic rings. The fraction of sp³-hybridized carbons (Fsp3) is 0.0385. The van der Waals surface area contributed by atoms with Crippen molar-refractivity contribution in [2.45, 2.75) is 0 Å². The first-order valence-corrected chi connectivity index (χ1v) is 9.78. The number of fused-ring (bicyclic) bond motifs is 3. The predicted octanol–water partition coefficient (Wildman–Crippen LogP) is 6.10. The molecule has 2 N–H and O–H groups in total. The fourth-order valence-corrected chi connectivity index (χ4v) is 3.84. The number of aromatic amines is 1. The van der Waals surface area contributed by atoms with E-state index >= 15 is 0 Å². The van der Waals surface area contributed by atoms with Gasteiger partial charge in [-0.05, 0) is 59.0 Å². The molecule has 0 saturated heterocycles. The highest BCUT2D eigenvalue weighted by Crippen LogP contribution is 2.34. The minimum Gasteiger partial charge on any atom is -0.497 e. The van der Waals surface area contributed by atoms with Crippen LogP contribution < -0.4 is 15.6 Å². The molecule has 4 heteroatoms. The van der Waals surface area contributed by atoms with E-state index in [-0.39, 0.29) is 5.56 Å². The zero-order chi connectivity index (χ0) is 20.5. The highest BCUT2D eigenvalue weighted by molar-refractivity contribution is 6.11. The van der Waals surface area contributed by atoms with E-state index in [4.69, 9.17) is 4.74 Å². The molecule has 0 spiro atoms. The maximum atomic E-state index is 13.0. The highest BCUT2D eigenvalue weighted by Gasteiger charge is 2.13. The summed E-state index contributed by atoms with van der Waals surface area (Å²) in [4.78, 5) is 16.1. The molecule has 0 fully saturated rings. The molecule has 0 unspecified atom stereocenters. The molecule has 0 atom stereocenters. The van der Waals surface area contributed by atoms with Crippen molar-refractivity contribution in [3.05, 3.63) is 101 Å². The highest BCUT2D eigenvalue weighted by atomic mass is 16.5. The van der Waals surface area contributed by atoms with Crippen LogP contribution in [0.3, 0.4) is 0 Å². The molecule has 5 rings (SSSR count). The summed E-state index contributed by atoms with van der Waals surface area (Å²) in [6.45, 7) is 0. The van der Waals surface area contributed by atoms with E-state index in [9.17, 15) is 4.79 Å². The lowest BCUT2D eigenvalue weighted by molar-refractivity contribution is 0.415. The smallest absolute Gasteiger partial charge is 0.258 e. The summed E-state index contributed by atoms with van der Waals surface area (Å²) < 4.78 is 5.25. The van der Waals surface area contributed by atoms with E-state index in [2.05, 4.69) is 28.5 Å². The largest absolute Gasteiger partial charge is 0.497 e. The van der Waals surface area contributed by atoms with Crippen LogP contribution in [0.15, 0.2) is 95.8 Å². The number of rotatable bonds is 4. The van der Waals surface area contributed by atoms with Gasteiger partial charge < -0.3 is 15.0 Å². The SMILES string of the molecule is COc1ccc(Nc2cc(-c3ccccc3)cc3c2c(=O)[nH]c2ccccc23)cc1. The maximum absolute atomic E-state index is 13.0. The number of aromatic nitrogens is 1. The monoisotopic (exact) mass is 392 g/mol. The van der Waals surface area contributed by atoms with Crippen molar-refractivity contribution < 1.29 is 4.74 Å². The topological polar surface area (TPSA) is 54.1 Å². The summed E-state index contributed by atoms with van der Waals surface area (Å²) in [7, 11) is 1.64. The molecule has 0 bridgehead atoms. The van der Waals surface area contributed by atoms with Gasteiger partial charge in [-0.25, -0.2) is 0 Å². The van der Waals surface area contributed by atoms with Crippen molar-refractivity contribution in [2.75, 3.05) is 12.4 Å². The number of anilines is 2. The number of pyridine rings is 1. The first kappa shape index (κ1) is 18.0. The number of hydrogen-bond acceptors (Lipinski definition) is 3. The molecule has 0 aliphatic heterocycles. The number of ether oxygens (including phenoxy) is 1. The maximum Gasteiger partial charge on any atom is 0.258 e. The third kappa shape index (κ3) is 3.18. The zero-order valence-corrected chi connectivity index (χ0v) is 16.5. The molecule has 0 amide bonds. The van der Waals surface area contributed by atoms with Crippen molar-refractivity contribution in [3.8, 4) is 16.9 Å². The molecule has 4 nitrogen and oxygen atoms in total. The molecule has 0 aliphatic carbocycles. The lowest BCUT2D eigenvalue weighted by Crippen LogP contribution is -2.09. The van der Waals surface area contributed by atoms with E-state index in [1.165, 1.54) is 0 Å². The first-order chi connectivity index (χ1) is 14.7. The van der Waals surface area contributed by atoms with Gasteiger partial charge in [-0.15, -0.1) is 0 Å². The number of methoxy groups -OCH3 is 1. The predicted molar refractivity (Wildman–Crippen MR) is 124 cm³/mol. The van der Waals surface area contributed by atoms with E-state index in [1.807, 2.05) is 72.8 Å². The molecule has 0 radical (unpaired) electrons. The third-order valence-electron chi connectivity index (χ3n) is 5.31. The number of para-hydroxylation sites is 1. The molecule has 0 saturated carbocycles. The van der Waals surface area contributed by atoms with Gasteiger partial charge in [0.25, 0.3) is 5.56 Å². The third-order valence-corrected chi connectivity index (χ3v) is 5.31. The van der Waals surface area contributed by atoms with E-state index < -0.39 is 0 Å². The van der Waals surface area contributed by atoms with E-state index in [1.54, 1.807) is 7.11 Å². The molecule has 1 heterocycles. The Morgan fingerprint density at radius 2 is 1.50 bits per heavy atom. The Morgan fingerprint density at radius 1 is 0.767 bits per heavy atom. The van der Waals surface area contributed by atoms with Crippen molar-refractivity contribution in [3.63, 3.8) is 0 Å². The van der Waals surface area contributed by atoms with Crippen LogP contribution in [-0.2, 0) is 0 Å². The van der Waals surface area contributed by atoms with Crippen LogP contribution in [0.2, 0.25) is 0 Å². The molecule has 0 aliphatic rings. The molecule has 30 heavy (non-hydrogen) atoms.